The lowest BCUT2D eigenvalue weighted by molar-refractivity contribution is -0.144. The van der Waals surface area contributed by atoms with Gasteiger partial charge in [-0.2, -0.15) is 0 Å². The van der Waals surface area contributed by atoms with Crippen molar-refractivity contribution in [2.45, 2.75) is 31.8 Å². The first kappa shape index (κ1) is 21.6. The number of aliphatic hydroxyl groups is 1. The van der Waals surface area contributed by atoms with E-state index in [2.05, 4.69) is 16.2 Å². The van der Waals surface area contributed by atoms with Gasteiger partial charge in [0.2, 0.25) is 5.91 Å². The Kier molecular flexibility index (Phi) is 9.91. The van der Waals surface area contributed by atoms with Crippen molar-refractivity contribution >= 4 is 18.2 Å². The molecule has 0 aliphatic heterocycles. The van der Waals surface area contributed by atoms with Crippen LogP contribution in [0.25, 0.3) is 0 Å². The number of ether oxygens (including phenoxy) is 1. The highest BCUT2D eigenvalue weighted by atomic mass is 16.5. The summed E-state index contributed by atoms with van der Waals surface area (Å²) in [7, 11) is 0. The summed E-state index contributed by atoms with van der Waals surface area (Å²) in [6, 6.07) is 4.57. The van der Waals surface area contributed by atoms with E-state index in [9.17, 15) is 19.5 Å². The number of rotatable bonds is 12. The van der Waals surface area contributed by atoms with Crippen molar-refractivity contribution in [3.63, 3.8) is 0 Å². The third kappa shape index (κ3) is 8.06. The lowest BCUT2D eigenvalue weighted by Crippen LogP contribution is -2.55. The topological polar surface area (TPSA) is 137 Å². The van der Waals surface area contributed by atoms with Gasteiger partial charge in [0.1, 0.15) is 24.6 Å². The summed E-state index contributed by atoms with van der Waals surface area (Å²) < 4.78 is 4.89. The lowest BCUT2D eigenvalue weighted by atomic mass is 10.1. The van der Waals surface area contributed by atoms with E-state index in [4.69, 9.17) is 9.84 Å². The van der Waals surface area contributed by atoms with Crippen LogP contribution in [-0.2, 0) is 25.5 Å². The predicted molar refractivity (Wildman–Crippen MR) is 93.1 cm³/mol. The molecule has 0 saturated heterocycles. The van der Waals surface area contributed by atoms with Gasteiger partial charge >= 0.3 is 5.97 Å². The summed E-state index contributed by atoms with van der Waals surface area (Å²) in [4.78, 5) is 34.6. The van der Waals surface area contributed by atoms with Crippen molar-refractivity contribution in [2.75, 3.05) is 19.8 Å². The van der Waals surface area contributed by atoms with Gasteiger partial charge in [-0.3, -0.25) is 9.59 Å². The second-order valence-electron chi connectivity index (χ2n) is 5.58. The van der Waals surface area contributed by atoms with Gasteiger partial charge in [0.05, 0.1) is 19.3 Å². The Morgan fingerprint density at radius 2 is 1.92 bits per heavy atom. The maximum Gasteiger partial charge on any atom is 0.325 e. The number of phenols is 1. The Labute approximate surface area is 151 Å². The highest BCUT2D eigenvalue weighted by molar-refractivity contribution is 5.85. The number of aliphatic hydroxyl groups excluding tert-OH is 1. The summed E-state index contributed by atoms with van der Waals surface area (Å²) in [5, 5.41) is 20.8. The minimum Gasteiger partial charge on any atom is -0.508 e. The molecule has 0 aliphatic carbocycles. The van der Waals surface area contributed by atoms with Crippen LogP contribution < -0.4 is 16.2 Å². The fraction of sp³-hybridized carbons (Fsp3) is 0.471. The number of nitrogens with one attached hydrogen (secondary N) is 3. The molecule has 0 radical (unpaired) electrons. The van der Waals surface area contributed by atoms with Crippen molar-refractivity contribution in [3.05, 3.63) is 29.8 Å². The van der Waals surface area contributed by atoms with Gasteiger partial charge in [0.25, 0.3) is 0 Å². The van der Waals surface area contributed by atoms with Crippen LogP contribution in [0.2, 0.25) is 0 Å². The molecule has 1 aromatic rings. The number of hydrogen-bond donors (Lipinski definition) is 5. The van der Waals surface area contributed by atoms with Crippen LogP contribution in [0.4, 0.5) is 0 Å². The zero-order chi connectivity index (χ0) is 19.4. The van der Waals surface area contributed by atoms with E-state index in [1.54, 1.807) is 12.1 Å². The number of hydrogen-bond acceptors (Lipinski definition) is 8. The van der Waals surface area contributed by atoms with Crippen molar-refractivity contribution in [1.29, 1.82) is 0 Å². The monoisotopic (exact) mass is 367 g/mol. The number of hydrazine groups is 1. The molecular weight excluding hydrogens is 342 g/mol. The summed E-state index contributed by atoms with van der Waals surface area (Å²) in [6.45, 7) is 1.43. The fourth-order valence-corrected chi connectivity index (χ4v) is 1.96. The molecule has 2 atom stereocenters. The third-order valence-corrected chi connectivity index (χ3v) is 3.37. The van der Waals surface area contributed by atoms with Gasteiger partial charge in [0.15, 0.2) is 0 Å². The summed E-state index contributed by atoms with van der Waals surface area (Å²) in [6.07, 6.45) is 1.41. The van der Waals surface area contributed by atoms with Crippen LogP contribution in [0.1, 0.15) is 18.9 Å². The second kappa shape index (κ2) is 12.0. The van der Waals surface area contributed by atoms with Crippen molar-refractivity contribution in [1.82, 2.24) is 16.2 Å². The van der Waals surface area contributed by atoms with E-state index >= 15 is 0 Å². The first-order chi connectivity index (χ1) is 12.5. The lowest BCUT2D eigenvalue weighted by Gasteiger charge is -2.21. The first-order valence-electron chi connectivity index (χ1n) is 8.28. The molecule has 0 fully saturated rings. The molecule has 0 saturated carbocycles. The molecule has 0 heterocycles. The normalized spacial score (nSPS) is 12.8. The van der Waals surface area contributed by atoms with E-state index in [0.29, 0.717) is 12.7 Å². The smallest absolute Gasteiger partial charge is 0.325 e. The number of phenolic OH excluding ortho intramolecular Hbond substituents is 1. The fourth-order valence-electron chi connectivity index (χ4n) is 1.96. The molecular formula is C17H25N3O6. The Hall–Kier alpha value is -2.49. The molecule has 1 rings (SSSR count). The number of carbonyl (C=O) groups excluding carboxylic acids is 3. The Morgan fingerprint density at radius 3 is 2.50 bits per heavy atom. The van der Waals surface area contributed by atoms with Crippen molar-refractivity contribution < 1.29 is 29.3 Å². The molecule has 0 bridgehead atoms. The van der Waals surface area contributed by atoms with E-state index in [1.807, 2.05) is 6.92 Å². The number of carbonyl (C=O) groups is 3. The molecule has 144 valence electrons. The van der Waals surface area contributed by atoms with Gasteiger partial charge in [-0.25, -0.2) is 10.9 Å². The van der Waals surface area contributed by atoms with Crippen LogP contribution in [0.15, 0.2) is 24.3 Å². The SMILES string of the molecule is CCCOC(=O)CNC(=O)[C@H](Cc1ccc(O)cc1)NN[C@H](C=O)CO. The van der Waals surface area contributed by atoms with E-state index in [0.717, 1.165) is 5.56 Å². The molecule has 0 spiro atoms. The molecule has 0 unspecified atom stereocenters. The predicted octanol–water partition coefficient (Wildman–Crippen LogP) is -0.973. The van der Waals surface area contributed by atoms with Gasteiger partial charge in [0, 0.05) is 0 Å². The highest BCUT2D eigenvalue weighted by Crippen LogP contribution is 2.11. The van der Waals surface area contributed by atoms with E-state index < -0.39 is 30.6 Å². The minimum atomic E-state index is -0.875. The average Bonchev–Trinajstić information content (AvgIpc) is 2.65. The number of esters is 1. The maximum absolute atomic E-state index is 12.4. The van der Waals surface area contributed by atoms with Crippen LogP contribution in [0.3, 0.4) is 0 Å². The third-order valence-electron chi connectivity index (χ3n) is 3.37. The van der Waals surface area contributed by atoms with Crippen LogP contribution in [0, 0.1) is 0 Å². The van der Waals surface area contributed by atoms with Gasteiger partial charge < -0.3 is 25.1 Å². The molecule has 0 aliphatic rings. The Morgan fingerprint density at radius 1 is 1.23 bits per heavy atom. The average molecular weight is 367 g/mol. The standard InChI is InChI=1S/C17H25N3O6/c1-2-7-26-16(24)9-18-17(25)15(20-19-13(10-21)11-22)8-12-3-5-14(23)6-4-12/h3-6,10,13,15,19-20,22-23H,2,7-9,11H2,1H3,(H,18,25)/t13-,15+/m1/s1. The summed E-state index contributed by atoms with van der Waals surface area (Å²) >= 11 is 0. The quantitative estimate of drug-likeness (QED) is 0.181. The van der Waals surface area contributed by atoms with Crippen LogP contribution in [-0.4, -0.2) is 60.2 Å². The minimum absolute atomic E-state index is 0.0980. The summed E-state index contributed by atoms with van der Waals surface area (Å²) in [5.74, 6) is -0.930. The van der Waals surface area contributed by atoms with Gasteiger partial charge in [-0.15, -0.1) is 0 Å². The van der Waals surface area contributed by atoms with E-state index in [-0.39, 0.29) is 25.3 Å². The zero-order valence-electron chi connectivity index (χ0n) is 14.6. The molecule has 5 N–H and O–H groups in total. The number of aromatic hydroxyl groups is 1. The van der Waals surface area contributed by atoms with Gasteiger partial charge in [-0.1, -0.05) is 19.1 Å². The molecule has 9 heteroatoms. The number of aldehydes is 1. The maximum atomic E-state index is 12.4. The molecule has 9 nitrogen and oxygen atoms in total. The molecule has 0 aromatic heterocycles. The van der Waals surface area contributed by atoms with Crippen LogP contribution in [0.5, 0.6) is 5.75 Å². The summed E-state index contributed by atoms with van der Waals surface area (Å²) in [5.41, 5.74) is 5.99. The Balaban J connectivity index is 2.68. The molecule has 1 amide bonds. The first-order valence-corrected chi connectivity index (χ1v) is 8.28. The largest absolute Gasteiger partial charge is 0.508 e. The van der Waals surface area contributed by atoms with Gasteiger partial charge in [-0.05, 0) is 30.5 Å². The van der Waals surface area contributed by atoms with E-state index in [1.165, 1.54) is 12.1 Å². The van der Waals surface area contributed by atoms with Crippen molar-refractivity contribution in [3.8, 4) is 5.75 Å². The Bertz CT molecular complexity index is 578. The zero-order valence-corrected chi connectivity index (χ0v) is 14.6. The second-order valence-corrected chi connectivity index (χ2v) is 5.58. The molecule has 26 heavy (non-hydrogen) atoms. The highest BCUT2D eigenvalue weighted by Gasteiger charge is 2.21. The number of amides is 1. The molecule has 1 aromatic carbocycles. The van der Waals surface area contributed by atoms with Crippen molar-refractivity contribution in [2.24, 2.45) is 0 Å². The van der Waals surface area contributed by atoms with Crippen LogP contribution >= 0.6 is 0 Å². The number of benzene rings is 1.